The number of amides is 5. The molecular formula is C42H61N7O6. The third kappa shape index (κ3) is 12.7. The van der Waals surface area contributed by atoms with Crippen LogP contribution in [-0.4, -0.2) is 70.0 Å². The topological polar surface area (TPSA) is 188 Å². The zero-order valence-electron chi connectivity index (χ0n) is 33.4. The maximum Gasteiger partial charge on any atom is 0.290 e. The van der Waals surface area contributed by atoms with Crippen LogP contribution in [0, 0.1) is 30.1 Å². The molecule has 1 heterocycles. The lowest BCUT2D eigenvalue weighted by molar-refractivity contribution is -0.140. The molecule has 2 aromatic rings. The van der Waals surface area contributed by atoms with Gasteiger partial charge in [-0.15, -0.1) is 0 Å². The molecule has 6 atom stereocenters. The van der Waals surface area contributed by atoms with E-state index in [2.05, 4.69) is 36.6 Å². The lowest BCUT2D eigenvalue weighted by Gasteiger charge is -2.35. The summed E-state index contributed by atoms with van der Waals surface area (Å²) in [5.41, 5.74) is 1.44. The van der Waals surface area contributed by atoms with E-state index in [1.807, 2.05) is 65.8 Å². The summed E-state index contributed by atoms with van der Waals surface area (Å²) in [5, 5.41) is 14.5. The molecule has 2 aliphatic carbocycles. The predicted octanol–water partition coefficient (Wildman–Crippen LogP) is 4.65. The van der Waals surface area contributed by atoms with E-state index in [1.54, 1.807) is 0 Å². The summed E-state index contributed by atoms with van der Waals surface area (Å²) in [6, 6.07) is 4.69. The van der Waals surface area contributed by atoms with Crippen molar-refractivity contribution in [1.29, 1.82) is 0 Å². The van der Waals surface area contributed by atoms with Gasteiger partial charge in [0.25, 0.3) is 11.8 Å². The van der Waals surface area contributed by atoms with Gasteiger partial charge in [0.15, 0.2) is 0 Å². The van der Waals surface area contributed by atoms with Gasteiger partial charge in [-0.1, -0.05) is 89.6 Å². The van der Waals surface area contributed by atoms with E-state index in [-0.39, 0.29) is 47.7 Å². The molecule has 0 radical (unpaired) electrons. The SMILES string of the molecule is CCC[C@@H](NC(=O)C[C@H]1CCC[C@H]1CNC(=O)[C@@H](NC(=O)[C@H](NC(=O)c1cnccn1)C1CCCCC1)C(C)(C)C)C(=O)C(=O)N[C@H](C)c1ccc(C)cc1. The van der Waals surface area contributed by atoms with Crippen LogP contribution in [0.4, 0.5) is 0 Å². The molecule has 5 amide bonds. The van der Waals surface area contributed by atoms with Gasteiger partial charge in [-0.05, 0) is 74.7 Å². The molecule has 0 aliphatic heterocycles. The number of hydrogen-bond donors (Lipinski definition) is 5. The van der Waals surface area contributed by atoms with Crippen molar-refractivity contribution in [2.45, 2.75) is 136 Å². The van der Waals surface area contributed by atoms with Gasteiger partial charge in [-0.2, -0.15) is 0 Å². The van der Waals surface area contributed by atoms with Gasteiger partial charge in [0, 0.05) is 25.4 Å². The van der Waals surface area contributed by atoms with E-state index in [0.717, 1.165) is 62.5 Å². The molecule has 0 unspecified atom stereocenters. The van der Waals surface area contributed by atoms with Gasteiger partial charge >= 0.3 is 0 Å². The Kier molecular flexibility index (Phi) is 15.9. The number of aromatic nitrogens is 2. The fourth-order valence-corrected chi connectivity index (χ4v) is 7.80. The third-order valence-corrected chi connectivity index (χ3v) is 11.1. The Morgan fingerprint density at radius 3 is 2.15 bits per heavy atom. The van der Waals surface area contributed by atoms with E-state index >= 15 is 0 Å². The highest BCUT2D eigenvalue weighted by Gasteiger charge is 2.39. The molecule has 0 bridgehead atoms. The van der Waals surface area contributed by atoms with Crippen LogP contribution >= 0.6 is 0 Å². The molecule has 2 fully saturated rings. The highest BCUT2D eigenvalue weighted by Crippen LogP contribution is 2.34. The first-order chi connectivity index (χ1) is 26.2. The molecule has 5 N–H and O–H groups in total. The average Bonchev–Trinajstić information content (AvgIpc) is 3.61. The minimum absolute atomic E-state index is 0.0197. The summed E-state index contributed by atoms with van der Waals surface area (Å²) in [6.07, 6.45) is 12.4. The largest absolute Gasteiger partial charge is 0.354 e. The number of carbonyl (C=O) groups is 6. The molecule has 300 valence electrons. The second-order valence-corrected chi connectivity index (χ2v) is 16.5. The smallest absolute Gasteiger partial charge is 0.290 e. The van der Waals surface area contributed by atoms with Gasteiger partial charge in [0.05, 0.1) is 18.3 Å². The summed E-state index contributed by atoms with van der Waals surface area (Å²) in [7, 11) is 0. The van der Waals surface area contributed by atoms with Crippen molar-refractivity contribution in [1.82, 2.24) is 36.6 Å². The molecule has 0 saturated heterocycles. The number of nitrogens with one attached hydrogen (secondary N) is 5. The lowest BCUT2D eigenvalue weighted by Crippen LogP contribution is -2.60. The first kappa shape index (κ1) is 43.1. The first-order valence-electron chi connectivity index (χ1n) is 20.0. The van der Waals surface area contributed by atoms with Gasteiger partial charge < -0.3 is 26.6 Å². The fourth-order valence-electron chi connectivity index (χ4n) is 7.80. The minimum atomic E-state index is -0.929. The second kappa shape index (κ2) is 20.3. The maximum absolute atomic E-state index is 13.9. The van der Waals surface area contributed by atoms with E-state index in [9.17, 15) is 28.8 Å². The van der Waals surface area contributed by atoms with Crippen LogP contribution in [0.1, 0.15) is 133 Å². The Bertz CT molecular complexity index is 1620. The normalized spacial score (nSPS) is 19.6. The standard InChI is InChI=1S/C42H61N7O6/c1-7-12-32(36(51)40(54)46-27(3)28-19-17-26(2)18-20-28)47-34(50)23-30-15-11-16-31(30)24-45-41(55)37(42(4,5)6)49-39(53)35(29-13-9-8-10-14-29)48-38(52)33-25-43-21-22-44-33/h17-22,25,27,29-32,35,37H,7-16,23-24H2,1-6H3,(H,45,55)(H,46,54)(H,47,50)(H,48,52)(H,49,53)/t27-,30-,31+,32-,35-,37-/m1/s1. The number of aryl methyl sites for hydroxylation is 1. The Labute approximate surface area is 325 Å². The zero-order chi connectivity index (χ0) is 40.1. The van der Waals surface area contributed by atoms with E-state index in [0.29, 0.717) is 19.4 Å². The molecular weight excluding hydrogens is 699 g/mol. The van der Waals surface area contributed by atoms with Crippen molar-refractivity contribution < 1.29 is 28.8 Å². The number of hydrogen-bond acceptors (Lipinski definition) is 8. The van der Waals surface area contributed by atoms with Gasteiger partial charge in [-0.3, -0.25) is 33.8 Å². The molecule has 4 rings (SSSR count). The van der Waals surface area contributed by atoms with Crippen LogP contribution in [0.3, 0.4) is 0 Å². The Morgan fingerprint density at radius 1 is 0.818 bits per heavy atom. The van der Waals surface area contributed by atoms with Crippen LogP contribution in [0.15, 0.2) is 42.9 Å². The number of rotatable bonds is 17. The minimum Gasteiger partial charge on any atom is -0.354 e. The van der Waals surface area contributed by atoms with Gasteiger partial charge in [0.2, 0.25) is 23.5 Å². The summed E-state index contributed by atoms with van der Waals surface area (Å²) in [5.74, 6) is -3.02. The first-order valence-corrected chi connectivity index (χ1v) is 20.0. The molecule has 2 aliphatic rings. The van der Waals surface area contributed by atoms with Crippen LogP contribution in [0.25, 0.3) is 0 Å². The molecule has 13 heteroatoms. The number of carbonyl (C=O) groups excluding carboxylic acids is 6. The lowest BCUT2D eigenvalue weighted by atomic mass is 9.82. The number of benzene rings is 1. The molecule has 2 saturated carbocycles. The molecule has 1 aromatic carbocycles. The Balaban J connectivity index is 1.34. The van der Waals surface area contributed by atoms with Crippen molar-refractivity contribution in [3.8, 4) is 0 Å². The molecule has 0 spiro atoms. The molecule has 55 heavy (non-hydrogen) atoms. The summed E-state index contributed by atoms with van der Waals surface area (Å²) >= 11 is 0. The highest BCUT2D eigenvalue weighted by atomic mass is 16.2. The highest BCUT2D eigenvalue weighted by molar-refractivity contribution is 6.38. The quantitative estimate of drug-likeness (QED) is 0.144. The average molecular weight is 760 g/mol. The van der Waals surface area contributed by atoms with Crippen LogP contribution in [-0.2, 0) is 24.0 Å². The summed E-state index contributed by atoms with van der Waals surface area (Å²) in [4.78, 5) is 88.4. The van der Waals surface area contributed by atoms with E-state index in [1.165, 1.54) is 18.6 Å². The van der Waals surface area contributed by atoms with Gasteiger partial charge in [0.1, 0.15) is 17.8 Å². The summed E-state index contributed by atoms with van der Waals surface area (Å²) < 4.78 is 0. The van der Waals surface area contributed by atoms with Crippen molar-refractivity contribution in [2.75, 3.05) is 6.54 Å². The summed E-state index contributed by atoms with van der Waals surface area (Å²) in [6.45, 7) is 11.7. The predicted molar refractivity (Wildman–Crippen MR) is 209 cm³/mol. The van der Waals surface area contributed by atoms with Gasteiger partial charge in [-0.25, -0.2) is 4.98 Å². The Morgan fingerprint density at radius 2 is 1.51 bits per heavy atom. The zero-order valence-corrected chi connectivity index (χ0v) is 33.4. The molecule has 13 nitrogen and oxygen atoms in total. The second-order valence-electron chi connectivity index (χ2n) is 16.5. The monoisotopic (exact) mass is 759 g/mol. The van der Waals surface area contributed by atoms with E-state index < -0.39 is 47.0 Å². The van der Waals surface area contributed by atoms with Crippen molar-refractivity contribution in [3.63, 3.8) is 0 Å². The number of ketones is 1. The fraction of sp³-hybridized carbons (Fsp3) is 0.619. The van der Waals surface area contributed by atoms with E-state index in [4.69, 9.17) is 0 Å². The van der Waals surface area contributed by atoms with Crippen molar-refractivity contribution >= 4 is 35.3 Å². The maximum atomic E-state index is 13.9. The number of Topliss-reactive ketones (excluding diaryl/α,β-unsaturated/α-hetero) is 1. The van der Waals surface area contributed by atoms with Crippen molar-refractivity contribution in [2.24, 2.45) is 23.2 Å². The Hall–Kier alpha value is -4.68. The molecule has 1 aromatic heterocycles. The third-order valence-electron chi connectivity index (χ3n) is 11.1. The van der Waals surface area contributed by atoms with Crippen molar-refractivity contribution in [3.05, 3.63) is 59.7 Å². The van der Waals surface area contributed by atoms with Crippen LogP contribution < -0.4 is 26.6 Å². The van der Waals surface area contributed by atoms with Crippen LogP contribution in [0.2, 0.25) is 0 Å². The van der Waals surface area contributed by atoms with Crippen LogP contribution in [0.5, 0.6) is 0 Å². The number of nitrogens with zero attached hydrogens (tertiary/aromatic N) is 2.